The molecule has 0 unspecified atom stereocenters. The van der Waals surface area contributed by atoms with Gasteiger partial charge in [0.2, 0.25) is 0 Å². The minimum absolute atomic E-state index is 0.128. The van der Waals surface area contributed by atoms with Gasteiger partial charge in [0, 0.05) is 6.07 Å². The molecule has 0 N–H and O–H groups in total. The van der Waals surface area contributed by atoms with Gasteiger partial charge < -0.3 is 4.74 Å². The van der Waals surface area contributed by atoms with Gasteiger partial charge in [-0.1, -0.05) is 12.2 Å². The molecule has 0 saturated heterocycles. The summed E-state index contributed by atoms with van der Waals surface area (Å²) >= 11 is 0. The maximum absolute atomic E-state index is 11.1. The van der Waals surface area contributed by atoms with Gasteiger partial charge in [-0.05, 0) is 36.2 Å². The Morgan fingerprint density at radius 1 is 1.14 bits per heavy atom. The Morgan fingerprint density at radius 3 is 2.50 bits per heavy atom. The van der Waals surface area contributed by atoms with Crippen molar-refractivity contribution in [2.45, 2.75) is 19.1 Å². The average Bonchev–Trinajstić information content (AvgIpc) is 2.46. The minimum Gasteiger partial charge on any atom is -0.373 e. The topological polar surface area (TPSA) is 95.5 Å². The number of hydrogen-bond acceptors (Lipinski definition) is 5. The Bertz CT molecular complexity index is 701. The number of nitro groups is 2. The van der Waals surface area contributed by atoms with Crippen LogP contribution in [0.4, 0.5) is 11.4 Å². The molecule has 3 aliphatic rings. The van der Waals surface area contributed by atoms with E-state index in [-0.39, 0.29) is 24.1 Å². The van der Waals surface area contributed by atoms with E-state index in [1.807, 2.05) is 0 Å². The maximum atomic E-state index is 11.1. The zero-order valence-corrected chi connectivity index (χ0v) is 11.6. The van der Waals surface area contributed by atoms with E-state index in [1.165, 1.54) is 12.1 Å². The second-order valence-electron chi connectivity index (χ2n) is 6.19. The highest BCUT2D eigenvalue weighted by atomic mass is 16.6. The quantitative estimate of drug-likeness (QED) is 0.473. The van der Waals surface area contributed by atoms with E-state index >= 15 is 0 Å². The first-order valence-electron chi connectivity index (χ1n) is 7.28. The predicted octanol–water partition coefficient (Wildman–Crippen LogP) is 2.84. The highest BCUT2D eigenvalue weighted by Gasteiger charge is 2.62. The van der Waals surface area contributed by atoms with Crippen LogP contribution in [0, 0.1) is 43.9 Å². The van der Waals surface area contributed by atoms with Crippen molar-refractivity contribution in [2.24, 2.45) is 23.7 Å². The third-order valence-corrected chi connectivity index (χ3v) is 5.30. The fraction of sp³-hybridized carbons (Fsp3) is 0.467. The third-order valence-electron chi connectivity index (χ3n) is 5.30. The van der Waals surface area contributed by atoms with Crippen LogP contribution in [0.15, 0.2) is 30.4 Å². The fourth-order valence-corrected chi connectivity index (χ4v) is 3.98. The molecule has 1 aromatic rings. The van der Waals surface area contributed by atoms with E-state index in [0.717, 1.165) is 24.3 Å². The first-order chi connectivity index (χ1) is 10.6. The summed E-state index contributed by atoms with van der Waals surface area (Å²) in [5.41, 5.74) is -0.139. The van der Waals surface area contributed by atoms with Gasteiger partial charge in [0.1, 0.15) is 0 Å². The van der Waals surface area contributed by atoms with Crippen molar-refractivity contribution in [2.75, 3.05) is 0 Å². The van der Waals surface area contributed by atoms with Gasteiger partial charge in [-0.25, -0.2) is 0 Å². The molecule has 5 atom stereocenters. The molecular weight excluding hydrogens is 288 g/mol. The van der Waals surface area contributed by atoms with Gasteiger partial charge in [-0.15, -0.1) is 0 Å². The zero-order chi connectivity index (χ0) is 15.4. The second kappa shape index (κ2) is 4.61. The lowest BCUT2D eigenvalue weighted by molar-refractivity contribution is -0.394. The molecule has 7 heteroatoms. The number of nitrogens with zero attached hydrogens (tertiary/aromatic N) is 2. The molecule has 0 radical (unpaired) electrons. The van der Waals surface area contributed by atoms with Crippen LogP contribution in [0.25, 0.3) is 0 Å². The van der Waals surface area contributed by atoms with Gasteiger partial charge in [-0.3, -0.25) is 20.2 Å². The van der Waals surface area contributed by atoms with Crippen LogP contribution in [-0.4, -0.2) is 16.0 Å². The summed E-state index contributed by atoms with van der Waals surface area (Å²) in [6, 6.07) is 3.69. The summed E-state index contributed by atoms with van der Waals surface area (Å²) in [6.07, 6.45) is 5.64. The molecule has 7 nitrogen and oxygen atoms in total. The van der Waals surface area contributed by atoms with Crippen molar-refractivity contribution in [1.82, 2.24) is 0 Å². The first-order valence-corrected chi connectivity index (χ1v) is 7.28. The van der Waals surface area contributed by atoms with Crippen molar-refractivity contribution in [3.05, 3.63) is 56.1 Å². The van der Waals surface area contributed by atoms with Crippen LogP contribution < -0.4 is 0 Å². The number of fused-ring (bicyclic) bond motifs is 4. The number of ether oxygens (including phenoxy) is 1. The van der Waals surface area contributed by atoms with E-state index in [4.69, 9.17) is 4.74 Å². The van der Waals surface area contributed by atoms with Crippen molar-refractivity contribution in [3.63, 3.8) is 0 Å². The number of benzene rings is 1. The molecule has 4 rings (SSSR count). The standard InChI is InChI=1S/C15H14N2O5/c18-16(19)9-2-1-8(13(5-9)17(20)21)7-22-14-6-12-10-3-4-11(10)15(12)14/h1-5,10-12,14-15H,6-7H2/t10-,11-,12-,14-,15+/m1/s1. The summed E-state index contributed by atoms with van der Waals surface area (Å²) in [4.78, 5) is 20.6. The highest BCUT2D eigenvalue weighted by molar-refractivity contribution is 5.48. The summed E-state index contributed by atoms with van der Waals surface area (Å²) in [5.74, 6) is 2.66. The Kier molecular flexibility index (Phi) is 2.80. The van der Waals surface area contributed by atoms with E-state index in [0.29, 0.717) is 17.4 Å². The largest absolute Gasteiger partial charge is 0.373 e. The molecule has 1 aromatic carbocycles. The zero-order valence-electron chi connectivity index (χ0n) is 11.6. The van der Waals surface area contributed by atoms with E-state index in [2.05, 4.69) is 12.2 Å². The molecular formula is C15H14N2O5. The number of nitro benzene ring substituents is 2. The van der Waals surface area contributed by atoms with Crippen LogP contribution in [0.1, 0.15) is 12.0 Å². The van der Waals surface area contributed by atoms with Crippen LogP contribution in [0.3, 0.4) is 0 Å². The van der Waals surface area contributed by atoms with Gasteiger partial charge in [0.05, 0.1) is 34.2 Å². The summed E-state index contributed by atoms with van der Waals surface area (Å²) in [6.45, 7) is 0.128. The van der Waals surface area contributed by atoms with Gasteiger partial charge in [-0.2, -0.15) is 0 Å². The molecule has 114 valence electrons. The molecule has 0 heterocycles. The van der Waals surface area contributed by atoms with E-state index in [9.17, 15) is 20.2 Å². The van der Waals surface area contributed by atoms with Crippen molar-refractivity contribution >= 4 is 11.4 Å². The molecule has 0 amide bonds. The summed E-state index contributed by atoms with van der Waals surface area (Å²) < 4.78 is 5.83. The van der Waals surface area contributed by atoms with Gasteiger partial charge in [0.25, 0.3) is 11.4 Å². The summed E-state index contributed by atoms with van der Waals surface area (Å²) in [7, 11) is 0. The fourth-order valence-electron chi connectivity index (χ4n) is 3.98. The Labute approximate surface area is 125 Å². The minimum atomic E-state index is -0.633. The van der Waals surface area contributed by atoms with Gasteiger partial charge >= 0.3 is 0 Å². The lowest BCUT2D eigenvalue weighted by Gasteiger charge is -2.65. The molecule has 0 bridgehead atoms. The third kappa shape index (κ3) is 1.78. The SMILES string of the molecule is O=[N+]([O-])c1ccc(CO[C@@H]2C[C@@H]3[C@@H]4C=C[C@H]4[C@@H]32)c([N+](=O)[O-])c1. The van der Waals surface area contributed by atoms with Crippen molar-refractivity contribution < 1.29 is 14.6 Å². The van der Waals surface area contributed by atoms with Crippen LogP contribution in [0.2, 0.25) is 0 Å². The number of allylic oxidation sites excluding steroid dienone is 2. The molecule has 0 spiro atoms. The Hall–Kier alpha value is -2.28. The number of non-ortho nitro benzene ring substituents is 1. The van der Waals surface area contributed by atoms with E-state index in [1.54, 1.807) is 0 Å². The van der Waals surface area contributed by atoms with Crippen LogP contribution >= 0.6 is 0 Å². The number of hydrogen-bond donors (Lipinski definition) is 0. The Balaban J connectivity index is 1.45. The average molecular weight is 302 g/mol. The second-order valence-corrected chi connectivity index (χ2v) is 6.19. The lowest BCUT2D eigenvalue weighted by Crippen LogP contribution is -2.63. The lowest BCUT2D eigenvalue weighted by atomic mass is 9.42. The maximum Gasteiger partial charge on any atom is 0.281 e. The monoisotopic (exact) mass is 302 g/mol. The van der Waals surface area contributed by atoms with Crippen LogP contribution in [-0.2, 0) is 11.3 Å². The summed E-state index contributed by atoms with van der Waals surface area (Å²) in [5, 5.41) is 21.8. The van der Waals surface area contributed by atoms with Gasteiger partial charge in [0.15, 0.2) is 0 Å². The van der Waals surface area contributed by atoms with Crippen molar-refractivity contribution in [1.29, 1.82) is 0 Å². The van der Waals surface area contributed by atoms with Crippen molar-refractivity contribution in [3.8, 4) is 0 Å². The smallest absolute Gasteiger partial charge is 0.281 e. The normalized spacial score (nSPS) is 33.7. The first kappa shape index (κ1) is 13.4. The molecule has 2 fully saturated rings. The molecule has 0 aliphatic heterocycles. The Morgan fingerprint density at radius 2 is 1.91 bits per heavy atom. The molecule has 3 aliphatic carbocycles. The predicted molar refractivity (Wildman–Crippen MR) is 76.0 cm³/mol. The van der Waals surface area contributed by atoms with E-state index < -0.39 is 9.85 Å². The molecule has 22 heavy (non-hydrogen) atoms. The molecule has 2 saturated carbocycles. The highest BCUT2D eigenvalue weighted by Crippen LogP contribution is 2.64. The number of rotatable bonds is 5. The van der Waals surface area contributed by atoms with Crippen LogP contribution in [0.5, 0.6) is 0 Å². The molecule has 0 aromatic heterocycles.